The number of carbonyl (C=O) groups excluding carboxylic acids is 3. The smallest absolute Gasteiger partial charge is 0.315 e. The Bertz CT molecular complexity index is 567. The Labute approximate surface area is 119 Å². The van der Waals surface area contributed by atoms with E-state index in [-0.39, 0.29) is 24.4 Å². The molecule has 1 fully saturated rings. The van der Waals surface area contributed by atoms with Crippen LogP contribution in [0.2, 0.25) is 0 Å². The Hall–Kier alpha value is -2.09. The Balaban J connectivity index is 2.17. The van der Waals surface area contributed by atoms with Crippen LogP contribution in [0, 0.1) is 0 Å². The van der Waals surface area contributed by atoms with Gasteiger partial charge in [-0.1, -0.05) is 13.8 Å². The Morgan fingerprint density at radius 3 is 2.70 bits per heavy atom. The van der Waals surface area contributed by atoms with Crippen LogP contribution in [0.25, 0.3) is 0 Å². The number of urea groups is 1. The van der Waals surface area contributed by atoms with Gasteiger partial charge in [-0.15, -0.1) is 11.3 Å². The quantitative estimate of drug-likeness (QED) is 0.652. The summed E-state index contributed by atoms with van der Waals surface area (Å²) in [4.78, 5) is 35.4. The van der Waals surface area contributed by atoms with Crippen molar-refractivity contribution >= 4 is 34.2 Å². The van der Waals surface area contributed by atoms with Crippen molar-refractivity contribution in [3.8, 4) is 0 Å². The van der Waals surface area contributed by atoms with Crippen LogP contribution in [0.5, 0.6) is 0 Å². The van der Waals surface area contributed by atoms with Gasteiger partial charge in [0.1, 0.15) is 11.0 Å². The molecule has 7 nitrogen and oxygen atoms in total. The Kier molecular flexibility index (Phi) is 3.93. The molecule has 1 saturated heterocycles. The average Bonchev–Trinajstić information content (AvgIpc) is 2.95. The lowest BCUT2D eigenvalue weighted by Crippen LogP contribution is -2.38. The van der Waals surface area contributed by atoms with Crippen LogP contribution in [-0.2, 0) is 4.79 Å². The van der Waals surface area contributed by atoms with Crippen LogP contribution >= 0.6 is 11.3 Å². The lowest BCUT2D eigenvalue weighted by molar-refractivity contribution is -0.117. The van der Waals surface area contributed by atoms with E-state index in [1.54, 1.807) is 6.07 Å². The van der Waals surface area contributed by atoms with Gasteiger partial charge >= 0.3 is 6.03 Å². The molecule has 0 spiro atoms. The molecule has 4 amide bonds. The minimum atomic E-state index is -0.646. The lowest BCUT2D eigenvalue weighted by Gasteiger charge is -2.09. The maximum atomic E-state index is 12.0. The minimum Gasteiger partial charge on any atom is -0.366 e. The highest BCUT2D eigenvalue weighted by atomic mass is 32.1. The number of primary amides is 1. The molecular formula is C12H16N4O3S. The monoisotopic (exact) mass is 296 g/mol. The zero-order valence-corrected chi connectivity index (χ0v) is 12.0. The molecule has 0 saturated carbocycles. The van der Waals surface area contributed by atoms with E-state index in [0.29, 0.717) is 10.6 Å². The Morgan fingerprint density at radius 2 is 2.20 bits per heavy atom. The van der Waals surface area contributed by atoms with Gasteiger partial charge in [-0.25, -0.2) is 4.79 Å². The molecule has 1 aliphatic rings. The number of nitrogens with two attached hydrogens (primary N) is 1. The van der Waals surface area contributed by atoms with Crippen molar-refractivity contribution in [3.63, 3.8) is 0 Å². The van der Waals surface area contributed by atoms with Gasteiger partial charge in [0.15, 0.2) is 0 Å². The third-order valence-electron chi connectivity index (χ3n) is 2.91. The first-order chi connectivity index (χ1) is 9.38. The zero-order valence-electron chi connectivity index (χ0n) is 11.1. The molecule has 1 aromatic rings. The van der Waals surface area contributed by atoms with Gasteiger partial charge in [-0.2, -0.15) is 0 Å². The van der Waals surface area contributed by atoms with Gasteiger partial charge in [0.05, 0.1) is 5.56 Å². The van der Waals surface area contributed by atoms with Gasteiger partial charge in [-0.05, 0) is 12.0 Å². The van der Waals surface area contributed by atoms with E-state index in [9.17, 15) is 14.4 Å². The van der Waals surface area contributed by atoms with Gasteiger partial charge in [-0.3, -0.25) is 9.59 Å². The number of nitrogens with one attached hydrogen (secondary N) is 3. The van der Waals surface area contributed by atoms with Crippen molar-refractivity contribution in [2.24, 2.45) is 5.73 Å². The SMILES string of the molecule is CC(C)c1cc(C(N)=O)c(NC(=O)C2CNC(=O)N2)s1. The number of thiophene rings is 1. The van der Waals surface area contributed by atoms with Crippen molar-refractivity contribution in [1.82, 2.24) is 10.6 Å². The summed E-state index contributed by atoms with van der Waals surface area (Å²) in [6.45, 7) is 4.20. The third kappa shape index (κ3) is 2.90. The fraction of sp³-hybridized carbons (Fsp3) is 0.417. The molecule has 0 aromatic carbocycles. The first-order valence-corrected chi connectivity index (χ1v) is 6.99. The van der Waals surface area contributed by atoms with E-state index in [0.717, 1.165) is 4.88 Å². The molecule has 108 valence electrons. The lowest BCUT2D eigenvalue weighted by atomic mass is 10.1. The Morgan fingerprint density at radius 1 is 1.50 bits per heavy atom. The van der Waals surface area contributed by atoms with E-state index in [2.05, 4.69) is 16.0 Å². The van der Waals surface area contributed by atoms with Gasteiger partial charge < -0.3 is 21.7 Å². The largest absolute Gasteiger partial charge is 0.366 e. The summed E-state index contributed by atoms with van der Waals surface area (Å²) in [5.41, 5.74) is 5.61. The summed E-state index contributed by atoms with van der Waals surface area (Å²) in [6, 6.07) is 0.667. The van der Waals surface area contributed by atoms with E-state index < -0.39 is 11.9 Å². The van der Waals surface area contributed by atoms with Crippen LogP contribution in [0.4, 0.5) is 9.80 Å². The summed E-state index contributed by atoms with van der Waals surface area (Å²) >= 11 is 1.32. The predicted octanol–water partition coefficient (Wildman–Crippen LogP) is 0.590. The average molecular weight is 296 g/mol. The van der Waals surface area contributed by atoms with Crippen LogP contribution in [0.1, 0.15) is 35.0 Å². The molecular weight excluding hydrogens is 280 g/mol. The van der Waals surface area contributed by atoms with E-state index >= 15 is 0 Å². The zero-order chi connectivity index (χ0) is 14.9. The molecule has 2 heterocycles. The second-order valence-corrected chi connectivity index (χ2v) is 5.89. The van der Waals surface area contributed by atoms with Gasteiger partial charge in [0.2, 0.25) is 5.91 Å². The van der Waals surface area contributed by atoms with E-state index in [4.69, 9.17) is 5.73 Å². The summed E-state index contributed by atoms with van der Waals surface area (Å²) in [6.07, 6.45) is 0. The van der Waals surface area contributed by atoms with Crippen molar-refractivity contribution in [1.29, 1.82) is 0 Å². The fourth-order valence-electron chi connectivity index (χ4n) is 1.78. The second-order valence-electron chi connectivity index (χ2n) is 4.81. The first kappa shape index (κ1) is 14.3. The molecule has 2 rings (SSSR count). The molecule has 1 unspecified atom stereocenters. The standard InChI is InChI=1S/C12H16N4O3S/c1-5(2)8-3-6(9(13)17)11(20-8)16-10(18)7-4-14-12(19)15-7/h3,5,7H,4H2,1-2H3,(H2,13,17)(H,16,18)(H2,14,15,19). The maximum Gasteiger partial charge on any atom is 0.315 e. The number of hydrogen-bond donors (Lipinski definition) is 4. The van der Waals surface area contributed by atoms with Crippen LogP contribution in [0.3, 0.4) is 0 Å². The number of amides is 4. The predicted molar refractivity (Wildman–Crippen MR) is 75.9 cm³/mol. The van der Waals surface area contributed by atoms with Gasteiger partial charge in [0.25, 0.3) is 5.91 Å². The van der Waals surface area contributed by atoms with Crippen molar-refractivity contribution in [2.45, 2.75) is 25.8 Å². The summed E-state index contributed by atoms with van der Waals surface area (Å²) < 4.78 is 0. The molecule has 5 N–H and O–H groups in total. The number of carbonyl (C=O) groups is 3. The highest BCUT2D eigenvalue weighted by molar-refractivity contribution is 7.16. The van der Waals surface area contributed by atoms with Crippen molar-refractivity contribution < 1.29 is 14.4 Å². The fourth-order valence-corrected chi connectivity index (χ4v) is 2.85. The van der Waals surface area contributed by atoms with Crippen LogP contribution < -0.4 is 21.7 Å². The summed E-state index contributed by atoms with van der Waals surface area (Å²) in [5, 5.41) is 8.05. The minimum absolute atomic E-state index is 0.221. The molecule has 1 aromatic heterocycles. The topological polar surface area (TPSA) is 113 Å². The number of rotatable bonds is 4. The second kappa shape index (κ2) is 5.49. The number of hydrogen-bond acceptors (Lipinski definition) is 4. The third-order valence-corrected chi connectivity index (χ3v) is 4.26. The highest BCUT2D eigenvalue weighted by Crippen LogP contribution is 2.32. The molecule has 0 aliphatic carbocycles. The first-order valence-electron chi connectivity index (χ1n) is 6.17. The molecule has 1 aliphatic heterocycles. The molecule has 1 atom stereocenters. The van der Waals surface area contributed by atoms with Crippen molar-refractivity contribution in [2.75, 3.05) is 11.9 Å². The highest BCUT2D eigenvalue weighted by Gasteiger charge is 2.28. The summed E-state index contributed by atoms with van der Waals surface area (Å²) in [7, 11) is 0. The van der Waals surface area contributed by atoms with Crippen LogP contribution in [0.15, 0.2) is 6.07 Å². The molecule has 0 bridgehead atoms. The van der Waals surface area contributed by atoms with Crippen molar-refractivity contribution in [3.05, 3.63) is 16.5 Å². The maximum absolute atomic E-state index is 12.0. The van der Waals surface area contributed by atoms with Crippen LogP contribution in [-0.4, -0.2) is 30.4 Å². The normalized spacial score (nSPS) is 17.8. The van der Waals surface area contributed by atoms with Gasteiger partial charge in [0, 0.05) is 11.4 Å². The van der Waals surface area contributed by atoms with E-state index in [1.165, 1.54) is 11.3 Å². The summed E-state index contributed by atoms with van der Waals surface area (Å²) in [5.74, 6) is -0.725. The number of anilines is 1. The molecule has 0 radical (unpaired) electrons. The van der Waals surface area contributed by atoms with E-state index in [1.807, 2.05) is 13.8 Å². The molecule has 8 heteroatoms. The molecule has 20 heavy (non-hydrogen) atoms.